The second kappa shape index (κ2) is 10.2. The molecular weight excluding hydrogens is 413 g/mol. The number of likely N-dealkylation sites (tertiary alicyclic amines) is 1. The van der Waals surface area contributed by atoms with Crippen LogP contribution >= 0.6 is 36.2 Å². The van der Waals surface area contributed by atoms with Crippen molar-refractivity contribution in [3.8, 4) is 16.3 Å². The highest BCUT2D eigenvalue weighted by Crippen LogP contribution is 2.30. The predicted molar refractivity (Wildman–Crippen MR) is 121 cm³/mol. The van der Waals surface area contributed by atoms with Crippen LogP contribution in [0.2, 0.25) is 0 Å². The minimum Gasteiger partial charge on any atom is -0.497 e. The maximum Gasteiger partial charge on any atom is 0.123 e. The SMILES string of the molecule is COc1cccc(-c2nc(CN3C[C@@H](N)[C@H](c4ccccc4)C3)cs2)c1.Cl.Cl. The molecule has 2 aromatic carbocycles. The molecule has 4 nitrogen and oxygen atoms in total. The zero-order chi connectivity index (χ0) is 17.9. The van der Waals surface area contributed by atoms with Gasteiger partial charge in [-0.3, -0.25) is 4.90 Å². The Morgan fingerprint density at radius 3 is 2.64 bits per heavy atom. The summed E-state index contributed by atoms with van der Waals surface area (Å²) in [5, 5.41) is 3.18. The minimum absolute atomic E-state index is 0. The Morgan fingerprint density at radius 2 is 1.89 bits per heavy atom. The average molecular weight is 438 g/mol. The second-order valence-electron chi connectivity index (χ2n) is 6.75. The van der Waals surface area contributed by atoms with Crippen molar-refractivity contribution in [3.05, 3.63) is 71.2 Å². The first kappa shape index (κ1) is 22.7. The van der Waals surface area contributed by atoms with Gasteiger partial charge < -0.3 is 10.5 Å². The molecule has 1 aliphatic heterocycles. The third-order valence-electron chi connectivity index (χ3n) is 4.92. The van der Waals surface area contributed by atoms with Crippen molar-refractivity contribution >= 4 is 36.2 Å². The second-order valence-corrected chi connectivity index (χ2v) is 7.61. The molecule has 0 bridgehead atoms. The molecule has 1 aliphatic rings. The predicted octanol–water partition coefficient (Wildman–Crippen LogP) is 4.59. The van der Waals surface area contributed by atoms with Crippen LogP contribution in [-0.4, -0.2) is 36.1 Å². The van der Waals surface area contributed by atoms with E-state index in [-0.39, 0.29) is 30.9 Å². The lowest BCUT2D eigenvalue weighted by molar-refractivity contribution is 0.320. The van der Waals surface area contributed by atoms with Gasteiger partial charge in [0.15, 0.2) is 0 Å². The van der Waals surface area contributed by atoms with E-state index in [1.807, 2.05) is 18.2 Å². The summed E-state index contributed by atoms with van der Waals surface area (Å²) < 4.78 is 5.31. The van der Waals surface area contributed by atoms with Gasteiger partial charge >= 0.3 is 0 Å². The number of thiazole rings is 1. The number of hydrogen-bond donors (Lipinski definition) is 1. The van der Waals surface area contributed by atoms with Gasteiger partial charge in [0.1, 0.15) is 10.8 Å². The molecule has 0 aliphatic carbocycles. The Bertz CT molecular complexity index is 875. The van der Waals surface area contributed by atoms with Crippen LogP contribution in [-0.2, 0) is 6.54 Å². The molecule has 0 spiro atoms. The number of benzene rings is 2. The fourth-order valence-corrected chi connectivity index (χ4v) is 4.40. The van der Waals surface area contributed by atoms with Crippen LogP contribution in [0, 0.1) is 0 Å². The molecule has 3 aromatic rings. The van der Waals surface area contributed by atoms with Crippen LogP contribution in [0.1, 0.15) is 17.2 Å². The summed E-state index contributed by atoms with van der Waals surface area (Å²) in [7, 11) is 1.69. The lowest BCUT2D eigenvalue weighted by Crippen LogP contribution is -2.28. The Morgan fingerprint density at radius 1 is 1.11 bits per heavy atom. The van der Waals surface area contributed by atoms with Gasteiger partial charge in [0.05, 0.1) is 12.8 Å². The molecule has 2 atom stereocenters. The van der Waals surface area contributed by atoms with Gasteiger partial charge in [-0.25, -0.2) is 4.98 Å². The molecule has 0 unspecified atom stereocenters. The maximum atomic E-state index is 6.41. The number of methoxy groups -OCH3 is 1. The summed E-state index contributed by atoms with van der Waals surface area (Å²) in [4.78, 5) is 7.23. The number of aromatic nitrogens is 1. The first-order valence-corrected chi connectivity index (χ1v) is 9.72. The van der Waals surface area contributed by atoms with Crippen LogP contribution in [0.4, 0.5) is 0 Å². The molecule has 0 saturated carbocycles. The van der Waals surface area contributed by atoms with Crippen molar-refractivity contribution in [2.75, 3.05) is 20.2 Å². The monoisotopic (exact) mass is 437 g/mol. The lowest BCUT2D eigenvalue weighted by atomic mass is 9.95. The van der Waals surface area contributed by atoms with E-state index < -0.39 is 0 Å². The molecule has 4 rings (SSSR count). The highest BCUT2D eigenvalue weighted by molar-refractivity contribution is 7.13. The summed E-state index contributed by atoms with van der Waals surface area (Å²) in [6.07, 6.45) is 0. The highest BCUT2D eigenvalue weighted by Gasteiger charge is 2.31. The molecule has 28 heavy (non-hydrogen) atoms. The Kier molecular flexibility index (Phi) is 8.28. The number of rotatable bonds is 5. The third kappa shape index (κ3) is 5.04. The van der Waals surface area contributed by atoms with Crippen molar-refractivity contribution in [1.82, 2.24) is 9.88 Å². The van der Waals surface area contributed by atoms with Crippen LogP contribution < -0.4 is 10.5 Å². The van der Waals surface area contributed by atoms with Crippen LogP contribution in [0.5, 0.6) is 5.75 Å². The number of hydrogen-bond acceptors (Lipinski definition) is 5. The Labute approximate surface area is 182 Å². The largest absolute Gasteiger partial charge is 0.497 e. The van der Waals surface area contributed by atoms with Crippen molar-refractivity contribution in [1.29, 1.82) is 0 Å². The summed E-state index contributed by atoms with van der Waals surface area (Å²) >= 11 is 1.68. The fraction of sp³-hybridized carbons (Fsp3) is 0.286. The van der Waals surface area contributed by atoms with Gasteiger partial charge in [-0.05, 0) is 17.7 Å². The number of halogens is 2. The highest BCUT2D eigenvalue weighted by atomic mass is 35.5. The van der Waals surface area contributed by atoms with Crippen LogP contribution in [0.15, 0.2) is 60.0 Å². The van der Waals surface area contributed by atoms with Crippen LogP contribution in [0.25, 0.3) is 10.6 Å². The fourth-order valence-electron chi connectivity index (χ4n) is 3.59. The van der Waals surface area contributed by atoms with E-state index in [1.54, 1.807) is 18.4 Å². The number of ether oxygens (including phenoxy) is 1. The van der Waals surface area contributed by atoms with Gasteiger partial charge in [0, 0.05) is 42.5 Å². The third-order valence-corrected chi connectivity index (χ3v) is 5.86. The standard InChI is InChI=1S/C21H23N3OS.2ClH/c1-25-18-9-5-8-16(10-18)21-23-17(14-26-21)11-24-12-19(20(22)13-24)15-6-3-2-4-7-15;;/h2-10,14,19-20H,11-13,22H2,1H3;2*1H/t19-,20+;;/m0../s1. The number of nitrogens with zero attached hydrogens (tertiary/aromatic N) is 2. The summed E-state index contributed by atoms with van der Waals surface area (Å²) in [6, 6.07) is 18.8. The van der Waals surface area contributed by atoms with Gasteiger partial charge in [0.25, 0.3) is 0 Å². The smallest absolute Gasteiger partial charge is 0.123 e. The molecule has 0 radical (unpaired) electrons. The van der Waals surface area contributed by atoms with E-state index >= 15 is 0 Å². The summed E-state index contributed by atoms with van der Waals surface area (Å²) in [5.41, 5.74) is 9.94. The Hall–Kier alpha value is -1.63. The lowest BCUT2D eigenvalue weighted by Gasteiger charge is -2.15. The Balaban J connectivity index is 0.00000140. The molecule has 7 heteroatoms. The number of nitrogens with two attached hydrogens (primary N) is 1. The average Bonchev–Trinajstić information content (AvgIpc) is 3.29. The van der Waals surface area contributed by atoms with Crippen molar-refractivity contribution < 1.29 is 4.74 Å². The van der Waals surface area contributed by atoms with Crippen molar-refractivity contribution in [3.63, 3.8) is 0 Å². The van der Waals surface area contributed by atoms with E-state index in [0.29, 0.717) is 5.92 Å². The van der Waals surface area contributed by atoms with Gasteiger partial charge in [-0.2, -0.15) is 0 Å². The van der Waals surface area contributed by atoms with E-state index in [2.05, 4.69) is 46.7 Å². The van der Waals surface area contributed by atoms with Crippen molar-refractivity contribution in [2.45, 2.75) is 18.5 Å². The summed E-state index contributed by atoms with van der Waals surface area (Å²) in [6.45, 7) is 2.74. The molecule has 150 valence electrons. The quantitative estimate of drug-likeness (QED) is 0.633. The van der Waals surface area contributed by atoms with Gasteiger partial charge in [-0.15, -0.1) is 36.2 Å². The normalized spacial score (nSPS) is 18.9. The topological polar surface area (TPSA) is 51.4 Å². The first-order chi connectivity index (χ1) is 12.7. The van der Waals surface area contributed by atoms with E-state index in [1.165, 1.54) is 5.56 Å². The summed E-state index contributed by atoms with van der Waals surface area (Å²) in [5.74, 6) is 1.25. The van der Waals surface area contributed by atoms with E-state index in [9.17, 15) is 0 Å². The first-order valence-electron chi connectivity index (χ1n) is 8.84. The molecule has 1 fully saturated rings. The van der Waals surface area contributed by atoms with E-state index in [4.69, 9.17) is 15.5 Å². The van der Waals surface area contributed by atoms with Gasteiger partial charge in [-0.1, -0.05) is 42.5 Å². The molecule has 1 saturated heterocycles. The zero-order valence-corrected chi connectivity index (χ0v) is 18.1. The maximum absolute atomic E-state index is 6.41. The molecular formula is C21H25Cl2N3OS. The molecule has 1 aromatic heterocycles. The molecule has 2 N–H and O–H groups in total. The molecule has 2 heterocycles. The zero-order valence-electron chi connectivity index (χ0n) is 15.7. The van der Waals surface area contributed by atoms with Crippen molar-refractivity contribution in [2.24, 2.45) is 5.73 Å². The van der Waals surface area contributed by atoms with Gasteiger partial charge in [0.2, 0.25) is 0 Å². The van der Waals surface area contributed by atoms with E-state index in [0.717, 1.165) is 41.6 Å². The van der Waals surface area contributed by atoms with Crippen LogP contribution in [0.3, 0.4) is 0 Å². The minimum atomic E-state index is 0. The molecule has 0 amide bonds.